The molecule has 1 aliphatic rings. The average Bonchev–Trinajstić information content (AvgIpc) is 2.42. The predicted octanol–water partition coefficient (Wildman–Crippen LogP) is 2.89. The van der Waals surface area contributed by atoms with E-state index in [4.69, 9.17) is 4.74 Å². The number of hydrogen-bond acceptors (Lipinski definition) is 5. The maximum absolute atomic E-state index is 12.2. The van der Waals surface area contributed by atoms with E-state index in [-0.39, 0.29) is 12.2 Å². The number of aliphatic carboxylic acids is 1. The van der Waals surface area contributed by atoms with Crippen LogP contribution in [0, 0.1) is 5.92 Å². The highest BCUT2D eigenvalue weighted by molar-refractivity contribution is 7.99. The van der Waals surface area contributed by atoms with Crippen molar-refractivity contribution in [2.24, 2.45) is 5.92 Å². The summed E-state index contributed by atoms with van der Waals surface area (Å²) in [5.74, 6) is 0.0143. The number of carboxylic acids is 1. The number of nitrogens with zero attached hydrogens (tertiary/aromatic N) is 1. The van der Waals surface area contributed by atoms with Gasteiger partial charge in [-0.2, -0.15) is 11.8 Å². The van der Waals surface area contributed by atoms with Gasteiger partial charge in [-0.3, -0.25) is 0 Å². The molecule has 1 atom stereocenters. The topological polar surface area (TPSA) is 66.8 Å². The lowest BCUT2D eigenvalue weighted by atomic mass is 9.86. The second-order valence-corrected chi connectivity index (χ2v) is 6.49. The van der Waals surface area contributed by atoms with Crippen molar-refractivity contribution >= 4 is 23.7 Å². The summed E-state index contributed by atoms with van der Waals surface area (Å²) in [6, 6.07) is 0. The molecular weight excluding hydrogens is 302 g/mol. The lowest BCUT2D eigenvalue weighted by Crippen LogP contribution is -2.35. The first-order chi connectivity index (χ1) is 10.4. The van der Waals surface area contributed by atoms with E-state index in [1.165, 1.54) is 0 Å². The first-order valence-electron chi connectivity index (χ1n) is 7.53. The lowest BCUT2D eigenvalue weighted by Gasteiger charge is -2.36. The van der Waals surface area contributed by atoms with Gasteiger partial charge >= 0.3 is 11.9 Å². The number of esters is 1. The molecule has 0 amide bonds. The minimum atomic E-state index is -0.979. The number of hydrogen-bond donors (Lipinski definition) is 1. The summed E-state index contributed by atoms with van der Waals surface area (Å²) in [6.07, 6.45) is 0. The molecule has 124 valence electrons. The highest BCUT2D eigenvalue weighted by atomic mass is 32.2. The van der Waals surface area contributed by atoms with E-state index in [0.717, 1.165) is 17.2 Å². The molecule has 0 aromatic heterocycles. The Morgan fingerprint density at radius 1 is 1.23 bits per heavy atom. The minimum Gasteiger partial charge on any atom is -0.478 e. The summed E-state index contributed by atoms with van der Waals surface area (Å²) < 4.78 is 5.12. The SMILES string of the molecule is CCOC(=O)C1=C(C)N(CCSCC)C(C)=C(C(=O)O)C1C. The molecule has 0 aromatic rings. The Morgan fingerprint density at radius 2 is 1.82 bits per heavy atom. The standard InChI is InChI=1S/C16H25NO4S/c1-6-21-16(20)14-10(3)13(15(18)19)11(4)17(12(14)5)8-9-22-7-2/h10H,6-9H2,1-5H3,(H,18,19). The van der Waals surface area contributed by atoms with Crippen molar-refractivity contribution in [2.75, 3.05) is 24.7 Å². The van der Waals surface area contributed by atoms with Gasteiger partial charge in [0.05, 0.1) is 17.8 Å². The highest BCUT2D eigenvalue weighted by Gasteiger charge is 2.36. The van der Waals surface area contributed by atoms with Gasteiger partial charge in [0.1, 0.15) is 0 Å². The molecule has 1 heterocycles. The minimum absolute atomic E-state index is 0.273. The fourth-order valence-electron chi connectivity index (χ4n) is 2.82. The van der Waals surface area contributed by atoms with Crippen molar-refractivity contribution in [3.8, 4) is 0 Å². The van der Waals surface area contributed by atoms with Crippen LogP contribution in [0.25, 0.3) is 0 Å². The van der Waals surface area contributed by atoms with Crippen LogP contribution in [-0.4, -0.2) is 46.6 Å². The van der Waals surface area contributed by atoms with Crippen LogP contribution in [0.1, 0.15) is 34.6 Å². The van der Waals surface area contributed by atoms with Gasteiger partial charge in [0.25, 0.3) is 0 Å². The first kappa shape index (κ1) is 18.6. The van der Waals surface area contributed by atoms with Crippen LogP contribution in [0.15, 0.2) is 22.5 Å². The van der Waals surface area contributed by atoms with Gasteiger partial charge in [-0.25, -0.2) is 9.59 Å². The Balaban J connectivity index is 3.23. The molecule has 0 saturated carbocycles. The van der Waals surface area contributed by atoms with E-state index in [1.807, 2.05) is 18.7 Å². The van der Waals surface area contributed by atoms with E-state index in [0.29, 0.717) is 17.8 Å². The van der Waals surface area contributed by atoms with Gasteiger partial charge in [-0.1, -0.05) is 13.8 Å². The molecule has 0 aliphatic carbocycles. The Bertz CT molecular complexity index is 510. The number of carboxylic acid groups (broad SMARTS) is 1. The normalized spacial score (nSPS) is 18.8. The van der Waals surface area contributed by atoms with Crippen LogP contribution in [0.5, 0.6) is 0 Å². The summed E-state index contributed by atoms with van der Waals surface area (Å²) in [6.45, 7) is 10.2. The van der Waals surface area contributed by atoms with E-state index in [9.17, 15) is 14.7 Å². The molecule has 22 heavy (non-hydrogen) atoms. The number of thioether (sulfide) groups is 1. The molecular formula is C16H25NO4S. The van der Waals surface area contributed by atoms with Crippen molar-refractivity contribution in [3.05, 3.63) is 22.5 Å². The molecule has 1 unspecified atom stereocenters. The van der Waals surface area contributed by atoms with Crippen LogP contribution in [0.4, 0.5) is 0 Å². The fraction of sp³-hybridized carbons (Fsp3) is 0.625. The summed E-state index contributed by atoms with van der Waals surface area (Å²) in [7, 11) is 0. The maximum Gasteiger partial charge on any atom is 0.336 e. The van der Waals surface area contributed by atoms with Crippen LogP contribution >= 0.6 is 11.8 Å². The molecule has 5 nitrogen and oxygen atoms in total. The average molecular weight is 327 g/mol. The van der Waals surface area contributed by atoms with Crippen molar-refractivity contribution in [1.29, 1.82) is 0 Å². The smallest absolute Gasteiger partial charge is 0.336 e. The molecule has 1 N–H and O–H groups in total. The van der Waals surface area contributed by atoms with E-state index in [2.05, 4.69) is 6.92 Å². The summed E-state index contributed by atoms with van der Waals surface area (Å²) in [5, 5.41) is 9.52. The number of rotatable bonds is 7. The Kier molecular flexibility index (Phi) is 7.00. The molecule has 1 aliphatic heterocycles. The van der Waals surface area contributed by atoms with E-state index < -0.39 is 17.9 Å². The number of ether oxygens (including phenoxy) is 1. The second kappa shape index (κ2) is 8.27. The van der Waals surface area contributed by atoms with Gasteiger partial charge in [-0.05, 0) is 26.5 Å². The van der Waals surface area contributed by atoms with Gasteiger partial charge < -0.3 is 14.7 Å². The quantitative estimate of drug-likeness (QED) is 0.573. The summed E-state index contributed by atoms with van der Waals surface area (Å²) in [4.78, 5) is 25.8. The number of carbonyl (C=O) groups excluding carboxylic acids is 1. The summed E-state index contributed by atoms with van der Waals surface area (Å²) in [5.41, 5.74) is 2.23. The van der Waals surface area contributed by atoms with Crippen LogP contribution in [0.2, 0.25) is 0 Å². The van der Waals surface area contributed by atoms with Crippen LogP contribution in [-0.2, 0) is 14.3 Å². The fourth-order valence-corrected chi connectivity index (χ4v) is 3.42. The molecule has 0 saturated heterocycles. The molecule has 6 heteroatoms. The number of allylic oxidation sites excluding steroid dienone is 2. The zero-order chi connectivity index (χ0) is 16.9. The zero-order valence-corrected chi connectivity index (χ0v) is 14.7. The molecule has 0 radical (unpaired) electrons. The lowest BCUT2D eigenvalue weighted by molar-refractivity contribution is -0.139. The van der Waals surface area contributed by atoms with E-state index in [1.54, 1.807) is 25.6 Å². The molecule has 1 rings (SSSR count). The first-order valence-corrected chi connectivity index (χ1v) is 8.69. The third-order valence-electron chi connectivity index (χ3n) is 3.84. The monoisotopic (exact) mass is 327 g/mol. The maximum atomic E-state index is 12.2. The second-order valence-electron chi connectivity index (χ2n) is 5.09. The van der Waals surface area contributed by atoms with Crippen molar-refractivity contribution in [2.45, 2.75) is 34.6 Å². The Hall–Kier alpha value is -1.43. The molecule has 0 spiro atoms. The molecule has 0 bridgehead atoms. The predicted molar refractivity (Wildman–Crippen MR) is 88.5 cm³/mol. The molecule has 0 aromatic carbocycles. The largest absolute Gasteiger partial charge is 0.478 e. The Labute approximate surface area is 136 Å². The number of carbonyl (C=O) groups is 2. The van der Waals surface area contributed by atoms with Crippen molar-refractivity contribution < 1.29 is 19.4 Å². The van der Waals surface area contributed by atoms with Gasteiger partial charge in [0, 0.05) is 29.6 Å². The van der Waals surface area contributed by atoms with Gasteiger partial charge in [0.2, 0.25) is 0 Å². The Morgan fingerprint density at radius 3 is 2.32 bits per heavy atom. The third-order valence-corrected chi connectivity index (χ3v) is 4.72. The van der Waals surface area contributed by atoms with Crippen LogP contribution in [0.3, 0.4) is 0 Å². The highest BCUT2D eigenvalue weighted by Crippen LogP contribution is 2.35. The van der Waals surface area contributed by atoms with Gasteiger partial charge in [-0.15, -0.1) is 0 Å². The van der Waals surface area contributed by atoms with Crippen molar-refractivity contribution in [3.63, 3.8) is 0 Å². The van der Waals surface area contributed by atoms with E-state index >= 15 is 0 Å². The van der Waals surface area contributed by atoms with Gasteiger partial charge in [0.15, 0.2) is 0 Å². The zero-order valence-electron chi connectivity index (χ0n) is 13.9. The van der Waals surface area contributed by atoms with Crippen LogP contribution < -0.4 is 0 Å². The van der Waals surface area contributed by atoms with Crippen molar-refractivity contribution in [1.82, 2.24) is 4.90 Å². The molecule has 0 fully saturated rings. The summed E-state index contributed by atoms with van der Waals surface area (Å²) >= 11 is 1.79. The third kappa shape index (κ3) is 3.85.